The Hall–Kier alpha value is -2.91. The zero-order valence-corrected chi connectivity index (χ0v) is 22.7. The van der Waals surface area contributed by atoms with Crippen LogP contribution in [0.3, 0.4) is 0 Å². The van der Waals surface area contributed by atoms with E-state index in [1.165, 1.54) is 0 Å². The summed E-state index contributed by atoms with van der Waals surface area (Å²) in [5, 5.41) is 11.8. The van der Waals surface area contributed by atoms with Crippen molar-refractivity contribution in [3.05, 3.63) is 83.4 Å². The molecule has 2 unspecified atom stereocenters. The van der Waals surface area contributed by atoms with Gasteiger partial charge in [-0.25, -0.2) is 13.1 Å². The van der Waals surface area contributed by atoms with Crippen LogP contribution in [-0.4, -0.2) is 45.2 Å². The van der Waals surface area contributed by atoms with Gasteiger partial charge in [-0.2, -0.15) is 0 Å². The van der Waals surface area contributed by atoms with Gasteiger partial charge in [0, 0.05) is 37.7 Å². The van der Waals surface area contributed by atoms with E-state index < -0.39 is 15.6 Å². The number of aliphatic hydroxyl groups is 1. The van der Waals surface area contributed by atoms with Crippen LogP contribution in [0.2, 0.25) is 0 Å². The first kappa shape index (κ1) is 27.1. The first-order valence-electron chi connectivity index (χ1n) is 12.6. The average Bonchev–Trinajstić information content (AvgIpc) is 2.87. The molecule has 0 saturated carbocycles. The minimum atomic E-state index is -3.71. The maximum absolute atomic E-state index is 12.9. The van der Waals surface area contributed by atoms with Crippen LogP contribution in [0.1, 0.15) is 37.0 Å². The number of nitrogens with zero attached hydrogens (tertiary/aromatic N) is 1. The van der Waals surface area contributed by atoms with E-state index in [1.807, 2.05) is 62.4 Å². The summed E-state index contributed by atoms with van der Waals surface area (Å²) in [5.41, 5.74) is 1.25. The summed E-state index contributed by atoms with van der Waals surface area (Å²) in [6.45, 7) is 7.89. The Labute approximate surface area is 220 Å². The molecule has 0 bridgehead atoms. The molecule has 7 nitrogen and oxygen atoms in total. The number of para-hydroxylation sites is 2. The summed E-state index contributed by atoms with van der Waals surface area (Å²) < 4.78 is 39.9. The number of hydrogen-bond donors (Lipinski definition) is 2. The molecule has 8 heteroatoms. The third-order valence-electron chi connectivity index (χ3n) is 6.98. The quantitative estimate of drug-likeness (QED) is 0.417. The Morgan fingerprint density at radius 2 is 1.84 bits per heavy atom. The van der Waals surface area contributed by atoms with E-state index >= 15 is 0 Å². The zero-order valence-electron chi connectivity index (χ0n) is 21.9. The van der Waals surface area contributed by atoms with Crippen molar-refractivity contribution in [1.82, 2.24) is 9.62 Å². The predicted octanol–water partition coefficient (Wildman–Crippen LogP) is 4.82. The van der Waals surface area contributed by atoms with Crippen molar-refractivity contribution in [3.8, 4) is 17.2 Å². The van der Waals surface area contributed by atoms with Gasteiger partial charge in [-0.1, -0.05) is 55.8 Å². The van der Waals surface area contributed by atoms with Gasteiger partial charge in [-0.05, 0) is 49.2 Å². The van der Waals surface area contributed by atoms with E-state index in [0.29, 0.717) is 43.1 Å². The first-order valence-corrected chi connectivity index (χ1v) is 14.1. The van der Waals surface area contributed by atoms with E-state index in [1.54, 1.807) is 26.2 Å². The van der Waals surface area contributed by atoms with Crippen LogP contribution in [0.4, 0.5) is 0 Å². The second kappa shape index (κ2) is 11.2. The monoisotopic (exact) mass is 524 g/mol. The summed E-state index contributed by atoms with van der Waals surface area (Å²) >= 11 is 0. The lowest BCUT2D eigenvalue weighted by atomic mass is 9.76. The highest BCUT2D eigenvalue weighted by molar-refractivity contribution is 7.89. The number of rotatable bonds is 9. The Morgan fingerprint density at radius 1 is 1.08 bits per heavy atom. The molecule has 2 atom stereocenters. The highest BCUT2D eigenvalue weighted by Crippen LogP contribution is 2.41. The summed E-state index contributed by atoms with van der Waals surface area (Å²) in [5.74, 6) is 1.87. The van der Waals surface area contributed by atoms with E-state index in [-0.39, 0.29) is 17.4 Å². The molecule has 1 saturated heterocycles. The van der Waals surface area contributed by atoms with E-state index in [0.717, 1.165) is 16.9 Å². The summed E-state index contributed by atoms with van der Waals surface area (Å²) in [6.07, 6.45) is 0.434. The SMILES string of the molecule is CCNS(=O)(=O)c1ccc(C)cc1C1(O)CCN(Cc2cccc(Oc3ccccc3OC)c2)CC1C. The fourth-order valence-electron chi connectivity index (χ4n) is 5.03. The van der Waals surface area contributed by atoms with Gasteiger partial charge in [0.2, 0.25) is 10.0 Å². The van der Waals surface area contributed by atoms with Gasteiger partial charge < -0.3 is 14.6 Å². The lowest BCUT2D eigenvalue weighted by Crippen LogP contribution is -2.49. The zero-order chi connectivity index (χ0) is 26.6. The third kappa shape index (κ3) is 5.99. The second-order valence-electron chi connectivity index (χ2n) is 9.71. The fourth-order valence-corrected chi connectivity index (χ4v) is 6.34. The van der Waals surface area contributed by atoms with Crippen molar-refractivity contribution in [2.75, 3.05) is 26.7 Å². The summed E-state index contributed by atoms with van der Waals surface area (Å²) in [4.78, 5) is 2.44. The van der Waals surface area contributed by atoms with Crippen LogP contribution in [0, 0.1) is 12.8 Å². The number of methoxy groups -OCH3 is 1. The highest BCUT2D eigenvalue weighted by atomic mass is 32.2. The molecule has 1 aliphatic rings. The molecule has 0 aliphatic carbocycles. The standard InChI is InChI=1S/C29H36N2O5S/c1-5-30-37(33,34)28-14-13-21(2)17-25(28)29(32)15-16-31(19-22(29)3)20-23-9-8-10-24(18-23)36-27-12-7-6-11-26(27)35-4/h6-14,17-18,22,30,32H,5,15-16,19-20H2,1-4H3. The van der Waals surface area contributed by atoms with Crippen molar-refractivity contribution >= 4 is 10.0 Å². The van der Waals surface area contributed by atoms with Gasteiger partial charge in [0.25, 0.3) is 0 Å². The number of sulfonamides is 1. The second-order valence-corrected chi connectivity index (χ2v) is 11.4. The molecule has 2 N–H and O–H groups in total. The smallest absolute Gasteiger partial charge is 0.240 e. The molecule has 1 aliphatic heterocycles. The van der Waals surface area contributed by atoms with Gasteiger partial charge in [0.15, 0.2) is 11.5 Å². The van der Waals surface area contributed by atoms with Gasteiger partial charge in [0.05, 0.1) is 17.6 Å². The topological polar surface area (TPSA) is 88.1 Å². The number of benzene rings is 3. The van der Waals surface area contributed by atoms with Crippen LogP contribution in [-0.2, 0) is 22.2 Å². The van der Waals surface area contributed by atoms with Crippen LogP contribution in [0.25, 0.3) is 0 Å². The molecule has 1 fully saturated rings. The molecule has 37 heavy (non-hydrogen) atoms. The molecule has 198 valence electrons. The fraction of sp³-hybridized carbons (Fsp3) is 0.379. The predicted molar refractivity (Wildman–Crippen MR) is 145 cm³/mol. The Morgan fingerprint density at radius 3 is 2.54 bits per heavy atom. The highest BCUT2D eigenvalue weighted by Gasteiger charge is 2.43. The lowest BCUT2D eigenvalue weighted by Gasteiger charge is -2.44. The van der Waals surface area contributed by atoms with Crippen molar-refractivity contribution < 1.29 is 23.0 Å². The third-order valence-corrected chi connectivity index (χ3v) is 8.59. The van der Waals surface area contributed by atoms with Crippen LogP contribution < -0.4 is 14.2 Å². The molecule has 0 spiro atoms. The lowest BCUT2D eigenvalue weighted by molar-refractivity contribution is -0.0748. The number of ether oxygens (including phenoxy) is 2. The van der Waals surface area contributed by atoms with Crippen LogP contribution in [0.5, 0.6) is 17.2 Å². The maximum atomic E-state index is 12.9. The molecule has 3 aromatic carbocycles. The molecule has 0 radical (unpaired) electrons. The maximum Gasteiger partial charge on any atom is 0.240 e. The Kier molecular flexibility index (Phi) is 8.23. The summed E-state index contributed by atoms with van der Waals surface area (Å²) in [7, 11) is -2.10. The Balaban J connectivity index is 1.51. The number of likely N-dealkylation sites (tertiary alicyclic amines) is 1. The number of piperidine rings is 1. The van der Waals surface area contributed by atoms with Gasteiger partial charge in [0.1, 0.15) is 5.75 Å². The largest absolute Gasteiger partial charge is 0.493 e. The minimum Gasteiger partial charge on any atom is -0.493 e. The number of nitrogens with one attached hydrogen (secondary N) is 1. The van der Waals surface area contributed by atoms with Crippen molar-refractivity contribution in [2.45, 2.75) is 44.2 Å². The molecule has 1 heterocycles. The first-order chi connectivity index (χ1) is 17.7. The van der Waals surface area contributed by atoms with Crippen molar-refractivity contribution in [3.63, 3.8) is 0 Å². The van der Waals surface area contributed by atoms with E-state index in [4.69, 9.17) is 9.47 Å². The molecule has 0 amide bonds. The van der Waals surface area contributed by atoms with Crippen LogP contribution >= 0.6 is 0 Å². The van der Waals surface area contributed by atoms with Gasteiger partial charge in [-0.3, -0.25) is 4.90 Å². The van der Waals surface area contributed by atoms with E-state index in [9.17, 15) is 13.5 Å². The van der Waals surface area contributed by atoms with Gasteiger partial charge in [-0.15, -0.1) is 0 Å². The van der Waals surface area contributed by atoms with Crippen molar-refractivity contribution in [2.24, 2.45) is 5.92 Å². The molecule has 0 aromatic heterocycles. The molecule has 3 aromatic rings. The molecular formula is C29H36N2O5S. The number of aryl methyl sites for hydroxylation is 1. The van der Waals surface area contributed by atoms with E-state index in [2.05, 4.69) is 15.7 Å². The summed E-state index contributed by atoms with van der Waals surface area (Å²) in [6, 6.07) is 20.7. The molecule has 4 rings (SSSR count). The average molecular weight is 525 g/mol. The van der Waals surface area contributed by atoms with Crippen molar-refractivity contribution in [1.29, 1.82) is 0 Å². The normalized spacial score (nSPS) is 20.5. The number of hydrogen-bond acceptors (Lipinski definition) is 6. The molecular weight excluding hydrogens is 488 g/mol. The van der Waals surface area contributed by atoms with Crippen LogP contribution in [0.15, 0.2) is 71.6 Å². The minimum absolute atomic E-state index is 0.156. The Bertz CT molecular complexity index is 1340. The van der Waals surface area contributed by atoms with Gasteiger partial charge >= 0.3 is 0 Å².